The zero-order valence-electron chi connectivity index (χ0n) is 18.9. The lowest BCUT2D eigenvalue weighted by Crippen LogP contribution is -2.25. The third-order valence-corrected chi connectivity index (χ3v) is 5.73. The van der Waals surface area contributed by atoms with E-state index in [1.165, 1.54) is 4.68 Å². The first-order chi connectivity index (χ1) is 15.2. The zero-order chi connectivity index (χ0) is 23.0. The third kappa shape index (κ3) is 4.80. The van der Waals surface area contributed by atoms with E-state index in [2.05, 4.69) is 5.10 Å². The van der Waals surface area contributed by atoms with E-state index in [1.807, 2.05) is 45.0 Å². The highest BCUT2D eigenvalue weighted by molar-refractivity contribution is 6.30. The van der Waals surface area contributed by atoms with Crippen LogP contribution >= 0.6 is 11.6 Å². The molecule has 0 atom stereocenters. The minimum Gasteiger partial charge on any atom is -0.496 e. The zero-order valence-corrected chi connectivity index (χ0v) is 19.6. The van der Waals surface area contributed by atoms with Gasteiger partial charge >= 0.3 is 5.69 Å². The normalized spacial score (nSPS) is 13.9. The maximum Gasteiger partial charge on any atom is 0.346 e. The first-order valence-electron chi connectivity index (χ1n) is 10.8. The fourth-order valence-corrected chi connectivity index (χ4v) is 3.92. The average molecular weight is 454 g/mol. The van der Waals surface area contributed by atoms with Crippen LogP contribution in [-0.4, -0.2) is 27.2 Å². The van der Waals surface area contributed by atoms with E-state index in [9.17, 15) is 9.59 Å². The lowest BCUT2D eigenvalue weighted by atomic mass is 9.87. The Bertz CT molecular complexity index is 1200. The molecule has 0 radical (unpaired) electrons. The second-order valence-corrected chi connectivity index (χ2v) is 10.0. The first kappa shape index (κ1) is 22.3. The maximum atomic E-state index is 13.2. The van der Waals surface area contributed by atoms with Crippen LogP contribution in [0.25, 0.3) is 11.4 Å². The quantitative estimate of drug-likeness (QED) is 0.451. The topological polar surface area (TPSA) is 66.1 Å². The molecule has 1 aliphatic rings. The summed E-state index contributed by atoms with van der Waals surface area (Å²) < 4.78 is 8.76. The molecule has 32 heavy (non-hydrogen) atoms. The summed E-state index contributed by atoms with van der Waals surface area (Å²) >= 11 is 6.03. The van der Waals surface area contributed by atoms with Gasteiger partial charge < -0.3 is 4.74 Å². The fraction of sp³-hybridized carbons (Fsp3) is 0.400. The standard InChI is InChI=1S/C25H28ClN3O3/c1-25(2,3)14-21(30)20-12-5-16(13-22(20)32-4)15-28-24(31)29(19-10-11-19)23(27-28)17-6-8-18(26)9-7-17/h5-9,12-13,19H,10-11,14-15H2,1-4H3. The molecular formula is C25H28ClN3O3. The van der Waals surface area contributed by atoms with Crippen LogP contribution in [0.1, 0.15) is 62.0 Å². The van der Waals surface area contributed by atoms with Crippen molar-refractivity contribution in [3.63, 3.8) is 0 Å². The minimum absolute atomic E-state index is 0.0427. The number of aromatic nitrogens is 3. The average Bonchev–Trinajstić information content (AvgIpc) is 3.51. The second kappa shape index (κ2) is 8.58. The van der Waals surface area contributed by atoms with Crippen molar-refractivity contribution >= 4 is 17.4 Å². The minimum atomic E-state index is -0.135. The Balaban J connectivity index is 1.66. The van der Waals surface area contributed by atoms with Crippen molar-refractivity contribution in [1.82, 2.24) is 14.3 Å². The smallest absolute Gasteiger partial charge is 0.346 e. The number of halogens is 1. The summed E-state index contributed by atoms with van der Waals surface area (Å²) in [6, 6.07) is 13.0. The molecule has 0 bridgehead atoms. The van der Waals surface area contributed by atoms with Crippen molar-refractivity contribution < 1.29 is 9.53 Å². The monoisotopic (exact) mass is 453 g/mol. The highest BCUT2D eigenvalue weighted by Gasteiger charge is 2.30. The first-order valence-corrected chi connectivity index (χ1v) is 11.2. The summed E-state index contributed by atoms with van der Waals surface area (Å²) in [4.78, 5) is 25.9. The lowest BCUT2D eigenvalue weighted by molar-refractivity contribution is 0.0937. The molecule has 0 N–H and O–H groups in total. The van der Waals surface area contributed by atoms with Crippen LogP contribution in [0.2, 0.25) is 5.02 Å². The molecule has 0 saturated heterocycles. The largest absolute Gasteiger partial charge is 0.496 e. The molecule has 0 amide bonds. The molecule has 2 aromatic carbocycles. The highest BCUT2D eigenvalue weighted by atomic mass is 35.5. The molecule has 1 saturated carbocycles. The molecular weight excluding hydrogens is 426 g/mol. The van der Waals surface area contributed by atoms with Gasteiger partial charge in [0.05, 0.1) is 19.2 Å². The van der Waals surface area contributed by atoms with Crippen LogP contribution in [0.3, 0.4) is 0 Å². The van der Waals surface area contributed by atoms with E-state index in [-0.39, 0.29) is 22.9 Å². The van der Waals surface area contributed by atoms with Crippen molar-refractivity contribution in [3.05, 3.63) is 69.1 Å². The summed E-state index contributed by atoms with van der Waals surface area (Å²) in [5.41, 5.74) is 2.02. The second-order valence-electron chi connectivity index (χ2n) is 9.57. The predicted octanol–water partition coefficient (Wildman–Crippen LogP) is 5.38. The summed E-state index contributed by atoms with van der Waals surface area (Å²) in [7, 11) is 1.56. The lowest BCUT2D eigenvalue weighted by Gasteiger charge is -2.18. The van der Waals surface area contributed by atoms with Gasteiger partial charge in [-0.1, -0.05) is 38.4 Å². The summed E-state index contributed by atoms with van der Waals surface area (Å²) in [5.74, 6) is 1.21. The number of methoxy groups -OCH3 is 1. The molecule has 0 spiro atoms. The van der Waals surface area contributed by atoms with Crippen LogP contribution in [0.4, 0.5) is 0 Å². The van der Waals surface area contributed by atoms with Crippen LogP contribution in [0, 0.1) is 5.41 Å². The highest BCUT2D eigenvalue weighted by Crippen LogP contribution is 2.36. The predicted molar refractivity (Wildman–Crippen MR) is 126 cm³/mol. The fourth-order valence-electron chi connectivity index (χ4n) is 3.80. The number of ketones is 1. The van der Waals surface area contributed by atoms with Gasteiger partial charge in [0.1, 0.15) is 5.75 Å². The van der Waals surface area contributed by atoms with Crippen LogP contribution in [0.5, 0.6) is 5.75 Å². The van der Waals surface area contributed by atoms with Crippen molar-refractivity contribution in [2.24, 2.45) is 5.41 Å². The number of carbonyl (C=O) groups is 1. The van der Waals surface area contributed by atoms with Crippen LogP contribution < -0.4 is 10.4 Å². The van der Waals surface area contributed by atoms with E-state index < -0.39 is 0 Å². The van der Waals surface area contributed by atoms with Gasteiger partial charge in [0.25, 0.3) is 0 Å². The number of Topliss-reactive ketones (excluding diaryl/α,β-unsaturated/α-hetero) is 1. The van der Waals surface area contributed by atoms with Crippen molar-refractivity contribution in [2.75, 3.05) is 7.11 Å². The van der Waals surface area contributed by atoms with Crippen molar-refractivity contribution in [2.45, 2.75) is 52.6 Å². The molecule has 1 aliphatic carbocycles. The number of rotatable bonds is 7. The Labute approximate surface area is 192 Å². The molecule has 168 valence electrons. The molecule has 1 fully saturated rings. The number of ether oxygens (including phenoxy) is 1. The van der Waals surface area contributed by atoms with Gasteiger partial charge in [0.2, 0.25) is 0 Å². The number of hydrogen-bond donors (Lipinski definition) is 0. The Kier molecular flexibility index (Phi) is 5.99. The van der Waals surface area contributed by atoms with Gasteiger partial charge in [-0.25, -0.2) is 9.48 Å². The number of nitrogens with zero attached hydrogens (tertiary/aromatic N) is 3. The molecule has 1 heterocycles. The molecule has 1 aromatic heterocycles. The SMILES string of the molecule is COc1cc(Cn2nc(-c3ccc(Cl)cc3)n(C3CC3)c2=O)ccc1C(=O)CC(C)(C)C. The van der Waals surface area contributed by atoms with E-state index in [1.54, 1.807) is 29.9 Å². The van der Waals surface area contributed by atoms with Crippen molar-refractivity contribution in [1.29, 1.82) is 0 Å². The number of hydrogen-bond acceptors (Lipinski definition) is 4. The molecule has 3 aromatic rings. The number of benzene rings is 2. The Morgan fingerprint density at radius 2 is 1.84 bits per heavy atom. The van der Waals surface area contributed by atoms with Gasteiger partial charge in [0.15, 0.2) is 11.6 Å². The Hall–Kier alpha value is -2.86. The maximum absolute atomic E-state index is 13.2. The molecule has 0 aliphatic heterocycles. The van der Waals surface area contributed by atoms with E-state index >= 15 is 0 Å². The Morgan fingerprint density at radius 1 is 1.16 bits per heavy atom. The molecule has 6 nitrogen and oxygen atoms in total. The van der Waals surface area contributed by atoms with Gasteiger partial charge in [-0.05, 0) is 60.2 Å². The van der Waals surface area contributed by atoms with Crippen molar-refractivity contribution in [3.8, 4) is 17.1 Å². The van der Waals surface area contributed by atoms with E-state index in [4.69, 9.17) is 16.3 Å². The molecule has 7 heteroatoms. The Morgan fingerprint density at radius 3 is 2.44 bits per heavy atom. The van der Waals surface area contributed by atoms with Crippen LogP contribution in [0.15, 0.2) is 47.3 Å². The number of carbonyl (C=O) groups excluding carboxylic acids is 1. The van der Waals surface area contributed by atoms with E-state index in [0.29, 0.717) is 35.1 Å². The summed E-state index contributed by atoms with van der Waals surface area (Å²) in [6.07, 6.45) is 2.38. The van der Waals surface area contributed by atoms with E-state index in [0.717, 1.165) is 24.0 Å². The third-order valence-electron chi connectivity index (χ3n) is 5.47. The van der Waals surface area contributed by atoms with Gasteiger partial charge in [-0.3, -0.25) is 9.36 Å². The summed E-state index contributed by atoms with van der Waals surface area (Å²) in [6.45, 7) is 6.40. The molecule has 4 rings (SSSR count). The van der Waals surface area contributed by atoms with Gasteiger partial charge in [0, 0.05) is 23.0 Å². The molecule has 0 unspecified atom stereocenters. The summed E-state index contributed by atoms with van der Waals surface area (Å²) in [5, 5.41) is 5.28. The van der Waals surface area contributed by atoms with Gasteiger partial charge in [-0.2, -0.15) is 0 Å². The van der Waals surface area contributed by atoms with Gasteiger partial charge in [-0.15, -0.1) is 5.10 Å². The van der Waals surface area contributed by atoms with Crippen LogP contribution in [-0.2, 0) is 6.54 Å².